The number of halogens is 1. The first-order valence-corrected chi connectivity index (χ1v) is 12.4. The molecule has 1 aromatic heterocycles. The van der Waals surface area contributed by atoms with E-state index in [2.05, 4.69) is 19.6 Å². The van der Waals surface area contributed by atoms with Gasteiger partial charge in [-0.2, -0.15) is 0 Å². The van der Waals surface area contributed by atoms with Crippen LogP contribution < -0.4 is 0 Å². The van der Waals surface area contributed by atoms with E-state index in [9.17, 15) is 14.0 Å². The van der Waals surface area contributed by atoms with Crippen LogP contribution in [-0.4, -0.2) is 41.2 Å². The van der Waals surface area contributed by atoms with Crippen molar-refractivity contribution in [3.63, 3.8) is 0 Å². The van der Waals surface area contributed by atoms with Crippen LogP contribution in [0.5, 0.6) is 0 Å². The summed E-state index contributed by atoms with van der Waals surface area (Å²) in [5.74, 6) is -0.381. The quantitative estimate of drug-likeness (QED) is 0.320. The molecule has 0 bridgehead atoms. The van der Waals surface area contributed by atoms with Crippen molar-refractivity contribution >= 4 is 23.2 Å². The molecule has 0 fully saturated rings. The van der Waals surface area contributed by atoms with Gasteiger partial charge in [0.15, 0.2) is 0 Å². The average molecular weight is 457 g/mol. The lowest BCUT2D eigenvalue weighted by Crippen LogP contribution is -2.46. The van der Waals surface area contributed by atoms with Crippen molar-refractivity contribution in [2.45, 2.75) is 57.9 Å². The zero-order valence-electron chi connectivity index (χ0n) is 18.9. The summed E-state index contributed by atoms with van der Waals surface area (Å²) in [6, 6.07) is 8.16. The lowest BCUT2D eigenvalue weighted by Gasteiger charge is -2.37. The first-order valence-electron chi connectivity index (χ1n) is 11.5. The van der Waals surface area contributed by atoms with Crippen molar-refractivity contribution in [1.29, 1.82) is 0 Å². The fourth-order valence-corrected chi connectivity index (χ4v) is 5.20. The Kier molecular flexibility index (Phi) is 9.03. The van der Waals surface area contributed by atoms with Gasteiger partial charge in [0.25, 0.3) is 0 Å². The number of thiophene rings is 1. The summed E-state index contributed by atoms with van der Waals surface area (Å²) in [4.78, 5) is 30.9. The van der Waals surface area contributed by atoms with E-state index >= 15 is 0 Å². The fourth-order valence-electron chi connectivity index (χ4n) is 4.29. The molecule has 2 amide bonds. The summed E-state index contributed by atoms with van der Waals surface area (Å²) < 4.78 is 13.5. The van der Waals surface area contributed by atoms with Crippen LogP contribution in [0.2, 0.25) is 0 Å². The molecule has 0 N–H and O–H groups in total. The summed E-state index contributed by atoms with van der Waals surface area (Å²) in [5, 5.41) is 2.04. The van der Waals surface area contributed by atoms with Gasteiger partial charge in [0.05, 0.1) is 6.04 Å². The second kappa shape index (κ2) is 12.0. The number of carbonyl (C=O) groups excluding carboxylic acids is 2. The number of fused-ring (bicyclic) bond motifs is 1. The molecule has 32 heavy (non-hydrogen) atoms. The van der Waals surface area contributed by atoms with Gasteiger partial charge in [-0.1, -0.05) is 50.8 Å². The zero-order chi connectivity index (χ0) is 22.9. The number of hydrogen-bond acceptors (Lipinski definition) is 3. The molecule has 1 aromatic carbocycles. The molecule has 1 aliphatic heterocycles. The summed E-state index contributed by atoms with van der Waals surface area (Å²) in [6.07, 6.45) is 8.31. The third-order valence-electron chi connectivity index (χ3n) is 5.99. The van der Waals surface area contributed by atoms with E-state index in [0.29, 0.717) is 19.5 Å². The topological polar surface area (TPSA) is 40.6 Å². The Morgan fingerprint density at radius 1 is 1.19 bits per heavy atom. The molecule has 6 heteroatoms. The lowest BCUT2D eigenvalue weighted by molar-refractivity contribution is -0.141. The van der Waals surface area contributed by atoms with Crippen LogP contribution in [0.1, 0.15) is 67.5 Å². The molecular formula is C26H33FN2O2S. The maximum atomic E-state index is 13.5. The molecule has 3 rings (SSSR count). The molecular weight excluding hydrogens is 423 g/mol. The number of amides is 2. The third-order valence-corrected chi connectivity index (χ3v) is 6.99. The Morgan fingerprint density at radius 2 is 1.94 bits per heavy atom. The molecule has 0 saturated heterocycles. The Labute approximate surface area is 194 Å². The predicted molar refractivity (Wildman–Crippen MR) is 128 cm³/mol. The molecule has 4 nitrogen and oxygen atoms in total. The van der Waals surface area contributed by atoms with Gasteiger partial charge in [-0.15, -0.1) is 17.9 Å². The predicted octanol–water partition coefficient (Wildman–Crippen LogP) is 5.74. The normalized spacial score (nSPS) is 15.3. The molecule has 0 saturated carbocycles. The third kappa shape index (κ3) is 6.06. The molecule has 2 aromatic rings. The van der Waals surface area contributed by atoms with Crippen LogP contribution in [0.15, 0.2) is 48.4 Å². The largest absolute Gasteiger partial charge is 0.330 e. The molecule has 172 valence electrons. The fraction of sp³-hybridized carbons (Fsp3) is 0.462. The minimum absolute atomic E-state index is 0.00122. The van der Waals surface area contributed by atoms with Gasteiger partial charge in [-0.05, 0) is 47.5 Å². The van der Waals surface area contributed by atoms with Crippen LogP contribution >= 0.6 is 11.3 Å². The van der Waals surface area contributed by atoms with Gasteiger partial charge in [0.2, 0.25) is 11.8 Å². The van der Waals surface area contributed by atoms with Crippen molar-refractivity contribution in [1.82, 2.24) is 9.80 Å². The minimum Gasteiger partial charge on any atom is -0.330 e. The Hall–Kier alpha value is -2.47. The number of rotatable bonds is 11. The van der Waals surface area contributed by atoms with Crippen LogP contribution in [0.4, 0.5) is 4.39 Å². The maximum Gasteiger partial charge on any atom is 0.243 e. The van der Waals surface area contributed by atoms with Crippen LogP contribution in [-0.2, 0) is 16.0 Å². The molecule has 0 aliphatic carbocycles. The highest BCUT2D eigenvalue weighted by atomic mass is 32.1. The Balaban J connectivity index is 1.72. The summed E-state index contributed by atoms with van der Waals surface area (Å²) in [5.41, 5.74) is 1.98. The van der Waals surface area contributed by atoms with E-state index < -0.39 is 0 Å². The van der Waals surface area contributed by atoms with E-state index in [1.807, 2.05) is 10.3 Å². The molecule has 1 aliphatic rings. The first-order chi connectivity index (χ1) is 15.5. The molecule has 1 atom stereocenters. The molecule has 0 spiro atoms. The van der Waals surface area contributed by atoms with E-state index in [0.717, 1.165) is 36.8 Å². The highest BCUT2D eigenvalue weighted by Gasteiger charge is 2.33. The van der Waals surface area contributed by atoms with Crippen LogP contribution in [0.3, 0.4) is 0 Å². The maximum absolute atomic E-state index is 13.5. The first kappa shape index (κ1) is 24.2. The summed E-state index contributed by atoms with van der Waals surface area (Å²) in [6.45, 7) is 6.92. The molecule has 0 radical (unpaired) electrons. The summed E-state index contributed by atoms with van der Waals surface area (Å²) >= 11 is 1.69. The van der Waals surface area contributed by atoms with Gasteiger partial charge in [-0.25, -0.2) is 4.39 Å². The van der Waals surface area contributed by atoms with Crippen LogP contribution in [0, 0.1) is 5.82 Å². The monoisotopic (exact) mass is 456 g/mol. The number of benzene rings is 1. The second-order valence-corrected chi connectivity index (χ2v) is 9.32. The van der Waals surface area contributed by atoms with Gasteiger partial charge in [0, 0.05) is 24.4 Å². The zero-order valence-corrected chi connectivity index (χ0v) is 19.7. The molecule has 2 heterocycles. The number of unbranched alkanes of at least 4 members (excludes halogenated alkanes) is 4. The number of nitrogens with zero attached hydrogens (tertiary/aromatic N) is 2. The Morgan fingerprint density at radius 3 is 2.66 bits per heavy atom. The average Bonchev–Trinajstić information content (AvgIpc) is 3.27. The van der Waals surface area contributed by atoms with Gasteiger partial charge >= 0.3 is 0 Å². The van der Waals surface area contributed by atoms with Crippen molar-refractivity contribution in [2.24, 2.45) is 0 Å². The van der Waals surface area contributed by atoms with E-state index in [1.165, 1.54) is 29.9 Å². The van der Waals surface area contributed by atoms with Gasteiger partial charge in [-0.3, -0.25) is 9.59 Å². The summed E-state index contributed by atoms with van der Waals surface area (Å²) in [7, 11) is 0. The SMILES string of the molecule is C=CCN(CC(=O)N1CCc2sccc2C1c1ccc(F)cc1)C(=O)CCCCCCC. The highest BCUT2D eigenvalue weighted by Crippen LogP contribution is 2.37. The number of hydrogen-bond donors (Lipinski definition) is 0. The standard InChI is InChI=1S/C26H33FN2O2S/c1-3-5-6-7-8-9-24(30)28(16-4-2)19-25(31)29-17-14-23-22(15-18-32-23)26(29)20-10-12-21(27)13-11-20/h4,10-13,15,18,26H,2-3,5-9,14,16-17,19H2,1H3. The van der Waals surface area contributed by atoms with E-state index in [4.69, 9.17) is 0 Å². The van der Waals surface area contributed by atoms with Crippen molar-refractivity contribution in [3.8, 4) is 0 Å². The van der Waals surface area contributed by atoms with E-state index in [-0.39, 0.29) is 30.2 Å². The smallest absolute Gasteiger partial charge is 0.243 e. The minimum atomic E-state index is -0.297. The van der Waals surface area contributed by atoms with Gasteiger partial charge < -0.3 is 9.80 Å². The number of carbonyl (C=O) groups is 2. The van der Waals surface area contributed by atoms with E-state index in [1.54, 1.807) is 34.4 Å². The van der Waals surface area contributed by atoms with Gasteiger partial charge in [0.1, 0.15) is 12.4 Å². The van der Waals surface area contributed by atoms with Crippen molar-refractivity contribution < 1.29 is 14.0 Å². The molecule has 1 unspecified atom stereocenters. The lowest BCUT2D eigenvalue weighted by atomic mass is 9.93. The van der Waals surface area contributed by atoms with Crippen molar-refractivity contribution in [2.75, 3.05) is 19.6 Å². The second-order valence-electron chi connectivity index (χ2n) is 8.32. The van der Waals surface area contributed by atoms with Crippen molar-refractivity contribution in [3.05, 3.63) is 70.2 Å². The van der Waals surface area contributed by atoms with Crippen LogP contribution in [0.25, 0.3) is 0 Å². The highest BCUT2D eigenvalue weighted by molar-refractivity contribution is 7.10. The Bertz CT molecular complexity index is 909.